The van der Waals surface area contributed by atoms with Crippen molar-refractivity contribution in [3.8, 4) is 0 Å². The first-order valence-corrected chi connectivity index (χ1v) is 6.08. The second-order valence-corrected chi connectivity index (χ2v) is 4.53. The smallest absolute Gasteiger partial charge is 0.167 e. The molecular formula is C15H13N3O. The highest BCUT2D eigenvalue weighted by molar-refractivity contribution is 6.00. The third kappa shape index (κ3) is 2.38. The van der Waals surface area contributed by atoms with E-state index in [2.05, 4.69) is 10.1 Å². The average Bonchev–Trinajstić information content (AvgIpc) is 2.83. The number of aromatic nitrogens is 3. The molecule has 0 amide bonds. The molecule has 0 spiro atoms. The number of nitrogens with zero attached hydrogens (tertiary/aromatic N) is 3. The summed E-state index contributed by atoms with van der Waals surface area (Å²) in [5.41, 5.74) is 2.54. The molecule has 0 radical (unpaired) electrons. The molecule has 4 nitrogen and oxygen atoms in total. The van der Waals surface area contributed by atoms with Gasteiger partial charge in [-0.25, -0.2) is 0 Å². The van der Waals surface area contributed by atoms with E-state index < -0.39 is 0 Å². The van der Waals surface area contributed by atoms with Crippen LogP contribution < -0.4 is 0 Å². The van der Waals surface area contributed by atoms with E-state index in [0.717, 1.165) is 16.5 Å². The van der Waals surface area contributed by atoms with Crippen molar-refractivity contribution in [3.05, 3.63) is 60.0 Å². The predicted octanol–water partition coefficient (Wildman–Crippen LogP) is 2.39. The van der Waals surface area contributed by atoms with Crippen molar-refractivity contribution in [1.82, 2.24) is 14.8 Å². The van der Waals surface area contributed by atoms with Gasteiger partial charge in [0.25, 0.3) is 0 Å². The van der Waals surface area contributed by atoms with Gasteiger partial charge in [-0.15, -0.1) is 0 Å². The van der Waals surface area contributed by atoms with Gasteiger partial charge in [-0.05, 0) is 29.8 Å². The molecule has 0 aliphatic rings. The molecular weight excluding hydrogens is 238 g/mol. The molecule has 0 atom stereocenters. The van der Waals surface area contributed by atoms with E-state index in [0.29, 0.717) is 12.0 Å². The molecule has 2 aromatic heterocycles. The third-order valence-electron chi connectivity index (χ3n) is 3.05. The van der Waals surface area contributed by atoms with E-state index in [-0.39, 0.29) is 5.78 Å². The zero-order chi connectivity index (χ0) is 13.2. The monoisotopic (exact) mass is 251 g/mol. The van der Waals surface area contributed by atoms with Crippen LogP contribution in [0.4, 0.5) is 0 Å². The van der Waals surface area contributed by atoms with Crippen LogP contribution in [-0.4, -0.2) is 20.5 Å². The Hall–Kier alpha value is -2.49. The molecule has 19 heavy (non-hydrogen) atoms. The van der Waals surface area contributed by atoms with E-state index in [1.807, 2.05) is 43.6 Å². The summed E-state index contributed by atoms with van der Waals surface area (Å²) < 4.78 is 1.70. The molecule has 94 valence electrons. The predicted molar refractivity (Wildman–Crippen MR) is 73.0 cm³/mol. The number of ketones is 1. The lowest BCUT2D eigenvalue weighted by atomic mass is 10.0. The van der Waals surface area contributed by atoms with Crippen molar-refractivity contribution in [3.63, 3.8) is 0 Å². The molecule has 0 unspecified atom stereocenters. The van der Waals surface area contributed by atoms with E-state index in [9.17, 15) is 4.79 Å². The van der Waals surface area contributed by atoms with Crippen molar-refractivity contribution in [2.75, 3.05) is 0 Å². The topological polar surface area (TPSA) is 47.8 Å². The Bertz CT molecular complexity index is 746. The number of fused-ring (bicyclic) bond motifs is 1. The number of hydrogen-bond donors (Lipinski definition) is 0. The Morgan fingerprint density at radius 3 is 3.00 bits per heavy atom. The summed E-state index contributed by atoms with van der Waals surface area (Å²) in [4.78, 5) is 16.5. The van der Waals surface area contributed by atoms with Crippen molar-refractivity contribution < 1.29 is 4.79 Å². The Labute approximate surface area is 110 Å². The summed E-state index contributed by atoms with van der Waals surface area (Å²) in [6.45, 7) is 0. The van der Waals surface area contributed by atoms with Gasteiger partial charge in [0.1, 0.15) is 0 Å². The van der Waals surface area contributed by atoms with E-state index in [1.165, 1.54) is 0 Å². The molecule has 3 rings (SSSR count). The Morgan fingerprint density at radius 2 is 2.21 bits per heavy atom. The summed E-state index contributed by atoms with van der Waals surface area (Å²) in [5, 5.41) is 5.05. The summed E-state index contributed by atoms with van der Waals surface area (Å²) in [7, 11) is 1.84. The van der Waals surface area contributed by atoms with Gasteiger partial charge < -0.3 is 0 Å². The van der Waals surface area contributed by atoms with Crippen molar-refractivity contribution in [2.24, 2.45) is 7.05 Å². The fourth-order valence-electron chi connectivity index (χ4n) is 2.10. The maximum absolute atomic E-state index is 12.2. The van der Waals surface area contributed by atoms with Crippen LogP contribution in [0.1, 0.15) is 15.9 Å². The molecule has 0 aliphatic heterocycles. The minimum atomic E-state index is 0.0961. The summed E-state index contributed by atoms with van der Waals surface area (Å²) in [6.07, 6.45) is 5.71. The zero-order valence-corrected chi connectivity index (χ0v) is 10.6. The molecule has 0 saturated carbocycles. The standard InChI is InChI=1S/C15H13N3O/c1-18-10-11(9-17-18)7-15(19)13-4-5-14-12(8-13)3-2-6-16-14/h2-6,8-10H,7H2,1H3. The van der Waals surface area contributed by atoms with Gasteiger partial charge in [0.05, 0.1) is 11.7 Å². The van der Waals surface area contributed by atoms with Crippen LogP contribution in [0, 0.1) is 0 Å². The molecule has 0 aliphatic carbocycles. The van der Waals surface area contributed by atoms with Crippen molar-refractivity contribution in [1.29, 1.82) is 0 Å². The van der Waals surface area contributed by atoms with Gasteiger partial charge in [-0.1, -0.05) is 6.07 Å². The van der Waals surface area contributed by atoms with Gasteiger partial charge in [0.2, 0.25) is 0 Å². The number of benzene rings is 1. The summed E-state index contributed by atoms with van der Waals surface area (Å²) in [5.74, 6) is 0.0961. The van der Waals surface area contributed by atoms with Crippen molar-refractivity contribution >= 4 is 16.7 Å². The van der Waals surface area contributed by atoms with Crippen LogP contribution in [0.5, 0.6) is 0 Å². The van der Waals surface area contributed by atoms with Crippen LogP contribution in [0.2, 0.25) is 0 Å². The van der Waals surface area contributed by atoms with Crippen LogP contribution >= 0.6 is 0 Å². The first-order chi connectivity index (χ1) is 9.22. The number of aryl methyl sites for hydroxylation is 1. The minimum Gasteiger partial charge on any atom is -0.294 e. The molecule has 2 heterocycles. The number of pyridine rings is 1. The molecule has 4 heteroatoms. The average molecular weight is 251 g/mol. The molecule has 3 aromatic rings. The van der Waals surface area contributed by atoms with Gasteiger partial charge in [0, 0.05) is 36.8 Å². The Morgan fingerprint density at radius 1 is 1.32 bits per heavy atom. The number of Topliss-reactive ketones (excluding diaryl/α,β-unsaturated/α-hetero) is 1. The highest BCUT2D eigenvalue weighted by atomic mass is 16.1. The SMILES string of the molecule is Cn1cc(CC(=O)c2ccc3ncccc3c2)cn1. The second-order valence-electron chi connectivity index (χ2n) is 4.53. The van der Waals surface area contributed by atoms with Gasteiger partial charge in [0.15, 0.2) is 5.78 Å². The lowest BCUT2D eigenvalue weighted by molar-refractivity contribution is 0.0993. The second kappa shape index (κ2) is 4.65. The first-order valence-electron chi connectivity index (χ1n) is 6.08. The maximum atomic E-state index is 12.2. The van der Waals surface area contributed by atoms with Crippen LogP contribution in [-0.2, 0) is 13.5 Å². The van der Waals surface area contributed by atoms with Gasteiger partial charge >= 0.3 is 0 Å². The molecule has 1 aromatic carbocycles. The summed E-state index contributed by atoms with van der Waals surface area (Å²) >= 11 is 0. The quantitative estimate of drug-likeness (QED) is 0.671. The van der Waals surface area contributed by atoms with Gasteiger partial charge in [-0.2, -0.15) is 5.10 Å². The Kier molecular flexibility index (Phi) is 2.83. The molecule has 0 N–H and O–H groups in total. The highest BCUT2D eigenvalue weighted by Gasteiger charge is 2.09. The lowest BCUT2D eigenvalue weighted by Crippen LogP contribution is -2.02. The number of carbonyl (C=O) groups is 1. The van der Waals surface area contributed by atoms with E-state index in [1.54, 1.807) is 17.1 Å². The summed E-state index contributed by atoms with van der Waals surface area (Å²) in [6, 6.07) is 9.43. The van der Waals surface area contributed by atoms with Crippen LogP contribution in [0.3, 0.4) is 0 Å². The van der Waals surface area contributed by atoms with Gasteiger partial charge in [-0.3, -0.25) is 14.5 Å². The first kappa shape index (κ1) is 11.6. The van der Waals surface area contributed by atoms with E-state index in [4.69, 9.17) is 0 Å². The fourth-order valence-corrected chi connectivity index (χ4v) is 2.10. The minimum absolute atomic E-state index is 0.0961. The number of rotatable bonds is 3. The van der Waals surface area contributed by atoms with Crippen molar-refractivity contribution in [2.45, 2.75) is 6.42 Å². The normalized spacial score (nSPS) is 10.8. The van der Waals surface area contributed by atoms with E-state index >= 15 is 0 Å². The third-order valence-corrected chi connectivity index (χ3v) is 3.05. The Balaban J connectivity index is 1.89. The van der Waals surface area contributed by atoms with Crippen LogP contribution in [0.25, 0.3) is 10.9 Å². The zero-order valence-electron chi connectivity index (χ0n) is 10.6. The maximum Gasteiger partial charge on any atom is 0.167 e. The lowest BCUT2D eigenvalue weighted by Gasteiger charge is -2.01. The molecule has 0 bridgehead atoms. The number of carbonyl (C=O) groups excluding carboxylic acids is 1. The molecule has 0 fully saturated rings. The highest BCUT2D eigenvalue weighted by Crippen LogP contribution is 2.15. The largest absolute Gasteiger partial charge is 0.294 e. The fraction of sp³-hybridized carbons (Fsp3) is 0.133. The number of hydrogen-bond acceptors (Lipinski definition) is 3. The molecule has 0 saturated heterocycles. The van der Waals surface area contributed by atoms with Crippen LogP contribution in [0.15, 0.2) is 48.9 Å².